The second-order valence-electron chi connectivity index (χ2n) is 3.56. The Bertz CT molecular complexity index is 203. The van der Waals surface area contributed by atoms with E-state index in [1.54, 1.807) is 27.7 Å². The Balaban J connectivity index is -0.000000340. The molecular formula is C10H23AlO6. The van der Waals surface area contributed by atoms with E-state index in [4.69, 9.17) is 24.5 Å². The molecule has 17 heavy (non-hydrogen) atoms. The average molecular weight is 266 g/mol. The monoisotopic (exact) mass is 266 g/mol. The van der Waals surface area contributed by atoms with Crippen molar-refractivity contribution >= 4 is 29.3 Å². The van der Waals surface area contributed by atoms with Crippen LogP contribution in [0.3, 0.4) is 0 Å². The van der Waals surface area contributed by atoms with Gasteiger partial charge in [-0.2, -0.15) is 0 Å². The van der Waals surface area contributed by atoms with Crippen LogP contribution in [-0.2, 0) is 19.1 Å². The van der Waals surface area contributed by atoms with Gasteiger partial charge in [0.1, 0.15) is 0 Å². The number of hydrogen-bond donors (Lipinski definition) is 2. The first-order chi connectivity index (χ1) is 7.16. The van der Waals surface area contributed by atoms with Crippen LogP contribution in [0.5, 0.6) is 0 Å². The predicted molar refractivity (Wildman–Crippen MR) is 67.1 cm³/mol. The lowest BCUT2D eigenvalue weighted by atomic mass is 10.4. The SMILES string of the molecule is CC(=O)O.CC(C)OC(OC(C)C)C(=O)O.[AlH3]. The predicted octanol–water partition coefficient (Wildman–Crippen LogP) is 0.154. The third kappa shape index (κ3) is 21.3. The molecule has 0 aromatic carbocycles. The molecule has 6 nitrogen and oxygen atoms in total. The van der Waals surface area contributed by atoms with Gasteiger partial charge in [0.05, 0.1) is 12.2 Å². The van der Waals surface area contributed by atoms with Gasteiger partial charge in [-0.15, -0.1) is 0 Å². The molecule has 2 N–H and O–H groups in total. The van der Waals surface area contributed by atoms with Gasteiger partial charge in [-0.1, -0.05) is 0 Å². The molecule has 0 radical (unpaired) electrons. The first kappa shape index (κ1) is 21.7. The molecule has 0 amide bonds. The van der Waals surface area contributed by atoms with Crippen LogP contribution < -0.4 is 0 Å². The Kier molecular flexibility index (Phi) is 15.1. The third-order valence-corrected chi connectivity index (χ3v) is 0.993. The molecule has 0 saturated carbocycles. The molecule has 0 rings (SSSR count). The van der Waals surface area contributed by atoms with Crippen LogP contribution in [0.4, 0.5) is 0 Å². The molecule has 0 atom stereocenters. The molecule has 0 saturated heterocycles. The lowest BCUT2D eigenvalue weighted by molar-refractivity contribution is -0.206. The Labute approximate surface area is 112 Å². The van der Waals surface area contributed by atoms with Gasteiger partial charge in [-0.25, -0.2) is 4.79 Å². The quantitative estimate of drug-likeness (QED) is 0.543. The topological polar surface area (TPSA) is 93.1 Å². The largest absolute Gasteiger partial charge is 0.481 e. The van der Waals surface area contributed by atoms with E-state index in [1.165, 1.54) is 0 Å². The summed E-state index contributed by atoms with van der Waals surface area (Å²) in [6.07, 6.45) is -1.44. The number of carboxylic acids is 2. The van der Waals surface area contributed by atoms with Crippen LogP contribution in [0.15, 0.2) is 0 Å². The lowest BCUT2D eigenvalue weighted by Gasteiger charge is -2.18. The van der Waals surface area contributed by atoms with E-state index in [-0.39, 0.29) is 29.6 Å². The van der Waals surface area contributed by atoms with Gasteiger partial charge in [-0.05, 0) is 27.7 Å². The molecule has 0 fully saturated rings. The molecule has 0 unspecified atom stereocenters. The van der Waals surface area contributed by atoms with Crippen molar-refractivity contribution in [2.24, 2.45) is 0 Å². The zero-order chi connectivity index (χ0) is 13.3. The van der Waals surface area contributed by atoms with E-state index in [9.17, 15) is 4.79 Å². The summed E-state index contributed by atoms with van der Waals surface area (Å²) >= 11 is 0. The van der Waals surface area contributed by atoms with Crippen LogP contribution in [0.2, 0.25) is 0 Å². The Morgan fingerprint density at radius 2 is 1.18 bits per heavy atom. The molecular weight excluding hydrogens is 243 g/mol. The van der Waals surface area contributed by atoms with E-state index < -0.39 is 18.2 Å². The fraction of sp³-hybridized carbons (Fsp3) is 0.800. The number of ether oxygens (including phenoxy) is 2. The maximum absolute atomic E-state index is 10.5. The summed E-state index contributed by atoms with van der Waals surface area (Å²) in [5, 5.41) is 16.0. The van der Waals surface area contributed by atoms with Crippen molar-refractivity contribution in [1.82, 2.24) is 0 Å². The minimum Gasteiger partial charge on any atom is -0.481 e. The van der Waals surface area contributed by atoms with Gasteiger partial charge in [0.15, 0.2) is 17.4 Å². The molecule has 0 aromatic rings. The number of aliphatic carboxylic acids is 2. The van der Waals surface area contributed by atoms with Gasteiger partial charge in [-0.3, -0.25) is 4.79 Å². The Morgan fingerprint density at radius 1 is 0.941 bits per heavy atom. The summed E-state index contributed by atoms with van der Waals surface area (Å²) in [4.78, 5) is 19.5. The average Bonchev–Trinajstić information content (AvgIpc) is 1.99. The zero-order valence-corrected chi connectivity index (χ0v) is 10.3. The van der Waals surface area contributed by atoms with Crippen molar-refractivity contribution in [1.29, 1.82) is 0 Å². The molecule has 0 heterocycles. The summed E-state index contributed by atoms with van der Waals surface area (Å²) in [5.41, 5.74) is 0. The second kappa shape index (κ2) is 11.9. The lowest BCUT2D eigenvalue weighted by Crippen LogP contribution is -2.32. The Hall–Kier alpha value is -0.608. The third-order valence-electron chi connectivity index (χ3n) is 0.993. The minimum absolute atomic E-state index is 0. The Morgan fingerprint density at radius 3 is 1.29 bits per heavy atom. The van der Waals surface area contributed by atoms with Crippen LogP contribution in [0, 0.1) is 0 Å². The van der Waals surface area contributed by atoms with Crippen molar-refractivity contribution in [2.75, 3.05) is 0 Å². The first-order valence-corrected chi connectivity index (χ1v) is 4.90. The van der Waals surface area contributed by atoms with Crippen LogP contribution in [0.1, 0.15) is 34.6 Å². The smallest absolute Gasteiger partial charge is 0.361 e. The van der Waals surface area contributed by atoms with Gasteiger partial charge in [0.2, 0.25) is 0 Å². The highest BCUT2D eigenvalue weighted by molar-refractivity contribution is 5.75. The number of rotatable bonds is 5. The zero-order valence-electron chi connectivity index (χ0n) is 10.3. The second-order valence-corrected chi connectivity index (χ2v) is 3.56. The molecule has 0 spiro atoms. The molecule has 7 heteroatoms. The minimum atomic E-state index is -1.15. The van der Waals surface area contributed by atoms with Gasteiger partial charge in [0.25, 0.3) is 12.3 Å². The maximum Gasteiger partial charge on any atom is 0.361 e. The van der Waals surface area contributed by atoms with Crippen molar-refractivity contribution in [3.63, 3.8) is 0 Å². The maximum atomic E-state index is 10.5. The molecule has 0 bridgehead atoms. The molecule has 0 aliphatic rings. The highest BCUT2D eigenvalue weighted by Gasteiger charge is 2.21. The van der Waals surface area contributed by atoms with Crippen molar-refractivity contribution in [3.8, 4) is 0 Å². The van der Waals surface area contributed by atoms with Crippen molar-refractivity contribution < 1.29 is 29.3 Å². The number of hydrogen-bond acceptors (Lipinski definition) is 4. The number of carboxylic acid groups (broad SMARTS) is 2. The summed E-state index contributed by atoms with van der Waals surface area (Å²) in [6.45, 7) is 8.14. The van der Waals surface area contributed by atoms with E-state index in [1.807, 2.05) is 0 Å². The number of carbonyl (C=O) groups is 2. The molecule has 0 aromatic heterocycles. The summed E-state index contributed by atoms with van der Waals surface area (Å²) in [5.74, 6) is -1.92. The van der Waals surface area contributed by atoms with Crippen molar-refractivity contribution in [3.05, 3.63) is 0 Å². The standard InChI is InChI=1S/C8H16O4.C2H4O2.Al.3H/c1-5(2)11-8(7(9)10)12-6(3)4;1-2(3)4;;;;/h5-6,8H,1-4H3,(H,9,10);1H3,(H,3,4);;;;. The summed E-state index contributed by atoms with van der Waals surface area (Å²) in [6, 6.07) is 0. The van der Waals surface area contributed by atoms with Crippen molar-refractivity contribution in [2.45, 2.75) is 53.1 Å². The van der Waals surface area contributed by atoms with E-state index in [0.29, 0.717) is 0 Å². The first-order valence-electron chi connectivity index (χ1n) is 4.90. The van der Waals surface area contributed by atoms with Gasteiger partial charge >= 0.3 is 5.97 Å². The van der Waals surface area contributed by atoms with Gasteiger partial charge in [0, 0.05) is 6.92 Å². The normalized spacial score (nSPS) is 9.65. The molecule has 0 aliphatic carbocycles. The van der Waals surface area contributed by atoms with Gasteiger partial charge < -0.3 is 19.7 Å². The molecule has 0 aliphatic heterocycles. The van der Waals surface area contributed by atoms with Crippen LogP contribution in [-0.4, -0.2) is 58.0 Å². The van der Waals surface area contributed by atoms with E-state index in [0.717, 1.165) is 6.92 Å². The summed E-state index contributed by atoms with van der Waals surface area (Å²) < 4.78 is 10.0. The highest BCUT2D eigenvalue weighted by Crippen LogP contribution is 2.03. The van der Waals surface area contributed by atoms with Crippen LogP contribution in [0.25, 0.3) is 0 Å². The fourth-order valence-electron chi connectivity index (χ4n) is 0.643. The van der Waals surface area contributed by atoms with Crippen LogP contribution >= 0.6 is 0 Å². The fourth-order valence-corrected chi connectivity index (χ4v) is 0.643. The summed E-state index contributed by atoms with van der Waals surface area (Å²) in [7, 11) is 0. The van der Waals surface area contributed by atoms with E-state index >= 15 is 0 Å². The molecule has 102 valence electrons. The van der Waals surface area contributed by atoms with E-state index in [2.05, 4.69) is 0 Å². The highest BCUT2D eigenvalue weighted by atomic mass is 27.0.